The van der Waals surface area contributed by atoms with Crippen LogP contribution in [0.25, 0.3) is 16.8 Å². The van der Waals surface area contributed by atoms with Crippen LogP contribution >= 0.6 is 11.6 Å². The van der Waals surface area contributed by atoms with Crippen molar-refractivity contribution in [1.82, 2.24) is 14.6 Å². The first-order chi connectivity index (χ1) is 12.5. The van der Waals surface area contributed by atoms with Crippen LogP contribution in [0.5, 0.6) is 0 Å². The third-order valence-electron chi connectivity index (χ3n) is 4.33. The van der Waals surface area contributed by atoms with Crippen LogP contribution in [-0.2, 0) is 0 Å². The largest absolute Gasteiger partial charge is 0.340 e. The van der Waals surface area contributed by atoms with E-state index in [-0.39, 0.29) is 0 Å². The van der Waals surface area contributed by atoms with Gasteiger partial charge in [-0.05, 0) is 44.5 Å². The zero-order chi connectivity index (χ0) is 18.3. The molecule has 0 unspecified atom stereocenters. The fourth-order valence-corrected chi connectivity index (χ4v) is 3.30. The summed E-state index contributed by atoms with van der Waals surface area (Å²) in [6.45, 7) is 6.09. The average Bonchev–Trinajstić information content (AvgIpc) is 2.92. The highest BCUT2D eigenvalue weighted by Gasteiger charge is 2.16. The second-order valence-electron chi connectivity index (χ2n) is 6.48. The number of hydrogen-bond donors (Lipinski definition) is 1. The van der Waals surface area contributed by atoms with Crippen molar-refractivity contribution in [2.75, 3.05) is 5.32 Å². The molecule has 4 aromatic rings. The molecule has 4 rings (SSSR count). The van der Waals surface area contributed by atoms with Crippen LogP contribution in [0, 0.1) is 20.8 Å². The number of fused-ring (bicyclic) bond motifs is 1. The Morgan fingerprint density at radius 2 is 1.73 bits per heavy atom. The molecule has 0 aliphatic heterocycles. The molecule has 0 bridgehead atoms. The van der Waals surface area contributed by atoms with Crippen molar-refractivity contribution in [3.8, 4) is 11.1 Å². The van der Waals surface area contributed by atoms with E-state index < -0.39 is 0 Å². The maximum Gasteiger partial charge on any atom is 0.165 e. The predicted molar refractivity (Wildman–Crippen MR) is 107 cm³/mol. The molecular weight excluding hydrogens is 344 g/mol. The molecule has 0 saturated heterocycles. The summed E-state index contributed by atoms with van der Waals surface area (Å²) in [6.07, 6.45) is 0. The van der Waals surface area contributed by atoms with Gasteiger partial charge in [0.25, 0.3) is 0 Å². The predicted octanol–water partition coefficient (Wildman–Crippen LogP) is 5.72. The molecule has 2 aromatic carbocycles. The van der Waals surface area contributed by atoms with Crippen molar-refractivity contribution < 1.29 is 0 Å². The zero-order valence-corrected chi connectivity index (χ0v) is 15.7. The number of nitrogens with zero attached hydrogens (tertiary/aromatic N) is 3. The number of aryl methyl sites for hydroxylation is 3. The first kappa shape index (κ1) is 16.6. The lowest BCUT2D eigenvalue weighted by Crippen LogP contribution is -2.02. The van der Waals surface area contributed by atoms with Crippen LogP contribution < -0.4 is 5.32 Å². The van der Waals surface area contributed by atoms with Crippen LogP contribution in [0.2, 0.25) is 5.02 Å². The monoisotopic (exact) mass is 362 g/mol. The van der Waals surface area contributed by atoms with Gasteiger partial charge in [-0.15, -0.1) is 0 Å². The molecule has 2 heterocycles. The van der Waals surface area contributed by atoms with Crippen molar-refractivity contribution in [3.63, 3.8) is 0 Å². The SMILES string of the molecule is Cc1ccc(-c2c(C)nn3c(Nc4cccc(Cl)c4)cc(C)nc23)cc1. The Labute approximate surface area is 157 Å². The van der Waals surface area contributed by atoms with Gasteiger partial charge in [0.1, 0.15) is 5.82 Å². The minimum absolute atomic E-state index is 0.689. The molecule has 0 spiro atoms. The van der Waals surface area contributed by atoms with Gasteiger partial charge in [0, 0.05) is 28.0 Å². The maximum absolute atomic E-state index is 6.11. The first-order valence-corrected chi connectivity index (χ1v) is 8.86. The standard InChI is InChI=1S/C21H19ClN4/c1-13-7-9-16(10-8-13)20-15(3)25-26-19(11-14(2)23-21(20)26)24-18-6-4-5-17(22)12-18/h4-12,24H,1-3H3. The summed E-state index contributed by atoms with van der Waals surface area (Å²) in [5.41, 5.74) is 7.04. The van der Waals surface area contributed by atoms with Gasteiger partial charge in [0.2, 0.25) is 0 Å². The number of anilines is 2. The molecule has 0 atom stereocenters. The molecule has 26 heavy (non-hydrogen) atoms. The molecule has 0 saturated carbocycles. The quantitative estimate of drug-likeness (QED) is 0.507. The fourth-order valence-electron chi connectivity index (χ4n) is 3.11. The Hall–Kier alpha value is -2.85. The molecule has 4 nitrogen and oxygen atoms in total. The van der Waals surface area contributed by atoms with Crippen LogP contribution in [-0.4, -0.2) is 14.6 Å². The van der Waals surface area contributed by atoms with E-state index in [1.54, 1.807) is 0 Å². The smallest absolute Gasteiger partial charge is 0.165 e. The van der Waals surface area contributed by atoms with E-state index in [0.29, 0.717) is 5.02 Å². The van der Waals surface area contributed by atoms with Gasteiger partial charge in [0.15, 0.2) is 5.65 Å². The molecule has 1 N–H and O–H groups in total. The van der Waals surface area contributed by atoms with Crippen molar-refractivity contribution in [2.45, 2.75) is 20.8 Å². The van der Waals surface area contributed by atoms with Gasteiger partial charge >= 0.3 is 0 Å². The van der Waals surface area contributed by atoms with Gasteiger partial charge < -0.3 is 5.32 Å². The van der Waals surface area contributed by atoms with E-state index in [1.165, 1.54) is 5.56 Å². The van der Waals surface area contributed by atoms with E-state index in [4.69, 9.17) is 21.7 Å². The highest BCUT2D eigenvalue weighted by Crippen LogP contribution is 2.30. The zero-order valence-electron chi connectivity index (χ0n) is 14.9. The van der Waals surface area contributed by atoms with Crippen LogP contribution in [0.3, 0.4) is 0 Å². The molecule has 0 fully saturated rings. The molecular formula is C21H19ClN4. The molecule has 2 aromatic heterocycles. The first-order valence-electron chi connectivity index (χ1n) is 8.48. The molecule has 0 amide bonds. The van der Waals surface area contributed by atoms with Crippen LogP contribution in [0.15, 0.2) is 54.6 Å². The number of hydrogen-bond acceptors (Lipinski definition) is 3. The molecule has 0 aliphatic rings. The lowest BCUT2D eigenvalue weighted by molar-refractivity contribution is 0.917. The van der Waals surface area contributed by atoms with Crippen molar-refractivity contribution in [3.05, 3.63) is 76.6 Å². The summed E-state index contributed by atoms with van der Waals surface area (Å²) in [6, 6.07) is 18.1. The molecule has 5 heteroatoms. The van der Waals surface area contributed by atoms with E-state index in [9.17, 15) is 0 Å². The number of aromatic nitrogens is 3. The van der Waals surface area contributed by atoms with Crippen molar-refractivity contribution in [2.24, 2.45) is 0 Å². The maximum atomic E-state index is 6.11. The Morgan fingerprint density at radius 3 is 2.46 bits per heavy atom. The second-order valence-corrected chi connectivity index (χ2v) is 6.92. The summed E-state index contributed by atoms with van der Waals surface area (Å²) in [4.78, 5) is 4.75. The van der Waals surface area contributed by atoms with E-state index in [1.807, 2.05) is 48.7 Å². The molecule has 0 aliphatic carbocycles. The van der Waals surface area contributed by atoms with Gasteiger partial charge in [0.05, 0.1) is 5.69 Å². The summed E-state index contributed by atoms with van der Waals surface area (Å²) in [5, 5.41) is 8.82. The lowest BCUT2D eigenvalue weighted by atomic mass is 10.0. The Balaban J connectivity index is 1.88. The van der Waals surface area contributed by atoms with Crippen LogP contribution in [0.4, 0.5) is 11.5 Å². The Kier molecular flexibility index (Phi) is 4.13. The van der Waals surface area contributed by atoms with Crippen molar-refractivity contribution >= 4 is 28.8 Å². The minimum Gasteiger partial charge on any atom is -0.340 e. The minimum atomic E-state index is 0.689. The number of benzene rings is 2. The number of rotatable bonds is 3. The van der Waals surface area contributed by atoms with Crippen LogP contribution in [0.1, 0.15) is 17.0 Å². The number of halogens is 1. The second kappa shape index (κ2) is 6.46. The fraction of sp³-hybridized carbons (Fsp3) is 0.143. The van der Waals surface area contributed by atoms with Gasteiger partial charge in [-0.25, -0.2) is 4.98 Å². The van der Waals surface area contributed by atoms with Gasteiger partial charge in [-0.1, -0.05) is 47.5 Å². The van der Waals surface area contributed by atoms with E-state index in [0.717, 1.165) is 39.7 Å². The molecule has 130 valence electrons. The summed E-state index contributed by atoms with van der Waals surface area (Å²) in [5.74, 6) is 0.858. The highest BCUT2D eigenvalue weighted by atomic mass is 35.5. The third-order valence-corrected chi connectivity index (χ3v) is 4.56. The summed E-state index contributed by atoms with van der Waals surface area (Å²) in [7, 11) is 0. The summed E-state index contributed by atoms with van der Waals surface area (Å²) < 4.78 is 1.86. The summed E-state index contributed by atoms with van der Waals surface area (Å²) >= 11 is 6.11. The van der Waals surface area contributed by atoms with Gasteiger partial charge in [-0.2, -0.15) is 9.61 Å². The molecule has 0 radical (unpaired) electrons. The lowest BCUT2D eigenvalue weighted by Gasteiger charge is -2.10. The van der Waals surface area contributed by atoms with E-state index in [2.05, 4.69) is 36.5 Å². The Morgan fingerprint density at radius 1 is 0.962 bits per heavy atom. The van der Waals surface area contributed by atoms with E-state index >= 15 is 0 Å². The van der Waals surface area contributed by atoms with Gasteiger partial charge in [-0.3, -0.25) is 0 Å². The average molecular weight is 363 g/mol. The number of nitrogens with one attached hydrogen (secondary N) is 1. The topological polar surface area (TPSA) is 42.2 Å². The Bertz CT molecular complexity index is 1100. The normalized spacial score (nSPS) is 11.1. The third kappa shape index (κ3) is 3.04. The van der Waals surface area contributed by atoms with Crippen molar-refractivity contribution in [1.29, 1.82) is 0 Å². The highest BCUT2D eigenvalue weighted by molar-refractivity contribution is 6.30.